The van der Waals surface area contributed by atoms with E-state index in [-0.39, 0.29) is 29.7 Å². The van der Waals surface area contributed by atoms with Gasteiger partial charge in [0.2, 0.25) is 11.6 Å². The third-order valence-electron chi connectivity index (χ3n) is 5.03. The van der Waals surface area contributed by atoms with Crippen molar-refractivity contribution in [2.75, 3.05) is 27.9 Å². The molecule has 0 aliphatic carbocycles. The minimum atomic E-state index is -4.01. The minimum absolute atomic E-state index is 0.00532. The lowest BCUT2D eigenvalue weighted by Gasteiger charge is -2.12. The number of aromatic nitrogens is 2. The van der Waals surface area contributed by atoms with Crippen molar-refractivity contribution in [2.24, 2.45) is 0 Å². The largest absolute Gasteiger partial charge is 0.493 e. The van der Waals surface area contributed by atoms with Crippen LogP contribution in [0.5, 0.6) is 17.2 Å². The van der Waals surface area contributed by atoms with Crippen LogP contribution in [0.4, 0.5) is 5.82 Å². The molecule has 0 spiro atoms. The summed E-state index contributed by atoms with van der Waals surface area (Å²) in [5, 5.41) is 11.5. The summed E-state index contributed by atoms with van der Waals surface area (Å²) in [5.41, 5.74) is 1.57. The van der Waals surface area contributed by atoms with Gasteiger partial charge >= 0.3 is 5.82 Å². The smallest absolute Gasteiger partial charge is 0.343 e. The number of nitrogens with zero attached hydrogens (tertiary/aromatic N) is 3. The van der Waals surface area contributed by atoms with Crippen LogP contribution in [-0.4, -0.2) is 50.8 Å². The molecule has 0 aliphatic rings. The molecule has 12 heteroatoms. The summed E-state index contributed by atoms with van der Waals surface area (Å²) in [4.78, 5) is 15.0. The Morgan fingerprint density at radius 2 is 1.66 bits per heavy atom. The van der Waals surface area contributed by atoms with Crippen LogP contribution in [0.2, 0.25) is 0 Å². The number of aryl methyl sites for hydroxylation is 1. The highest BCUT2D eigenvalue weighted by atomic mass is 32.2. The van der Waals surface area contributed by atoms with Gasteiger partial charge in [-0.25, -0.2) is 9.55 Å². The van der Waals surface area contributed by atoms with Crippen LogP contribution in [-0.2, 0) is 20.8 Å². The highest BCUT2D eigenvalue weighted by Gasteiger charge is 2.21. The quantitative estimate of drug-likeness (QED) is 0.218. The predicted octanol–water partition coefficient (Wildman–Crippen LogP) is 3.70. The Morgan fingerprint density at radius 1 is 1.03 bits per heavy atom. The second-order valence-corrected chi connectivity index (χ2v) is 8.88. The Hall–Kier alpha value is -3.90. The van der Waals surface area contributed by atoms with Crippen molar-refractivity contribution in [3.8, 4) is 17.2 Å². The molecule has 0 atom stereocenters. The Balaban J connectivity index is 1.83. The maximum absolute atomic E-state index is 12.4. The molecule has 0 unspecified atom stereocenters. The van der Waals surface area contributed by atoms with Gasteiger partial charge in [0.05, 0.1) is 26.2 Å². The van der Waals surface area contributed by atoms with Crippen LogP contribution in [0, 0.1) is 17.0 Å². The molecule has 1 aromatic heterocycles. The van der Waals surface area contributed by atoms with Gasteiger partial charge in [-0.05, 0) is 47.8 Å². The normalized spacial score (nSPS) is 11.5. The lowest BCUT2D eigenvalue weighted by Crippen LogP contribution is -2.14. The van der Waals surface area contributed by atoms with Gasteiger partial charge in [-0.2, -0.15) is 8.42 Å². The molecular weight excluding hydrogens is 478 g/mol. The molecule has 0 radical (unpaired) electrons. The number of ether oxygens (including phenoxy) is 3. The first-order valence-corrected chi connectivity index (χ1v) is 11.7. The second-order valence-electron chi connectivity index (χ2n) is 7.26. The van der Waals surface area contributed by atoms with Gasteiger partial charge < -0.3 is 24.3 Å². The molecule has 0 amide bonds. The Labute approximate surface area is 202 Å². The van der Waals surface area contributed by atoms with Crippen molar-refractivity contribution in [1.29, 1.82) is 0 Å². The minimum Gasteiger partial charge on any atom is -0.493 e. The van der Waals surface area contributed by atoms with Gasteiger partial charge in [-0.15, -0.1) is 0 Å². The summed E-state index contributed by atoms with van der Waals surface area (Å²) in [6.07, 6.45) is 4.32. The fraction of sp³-hybridized carbons (Fsp3) is 0.261. The standard InChI is InChI=1S/C23H25N3O8S/c1-16-5-8-18(9-6-16)35(29,30)34-12-11-25-21(24-15-22(25)26(27)28)10-7-17-13-19(31-2)23(33-4)20(14-17)32-3/h5-10,13-15H,11-12H2,1-4H3. The molecule has 186 valence electrons. The average Bonchev–Trinajstić information content (AvgIpc) is 3.25. The van der Waals surface area contributed by atoms with Crippen molar-refractivity contribution in [1.82, 2.24) is 9.55 Å². The van der Waals surface area contributed by atoms with Crippen molar-refractivity contribution in [3.05, 3.63) is 69.7 Å². The van der Waals surface area contributed by atoms with E-state index in [1.54, 1.807) is 36.4 Å². The van der Waals surface area contributed by atoms with E-state index in [1.165, 1.54) is 38.0 Å². The van der Waals surface area contributed by atoms with Crippen molar-refractivity contribution < 1.29 is 31.7 Å². The molecule has 3 rings (SSSR count). The molecule has 2 aromatic carbocycles. The van der Waals surface area contributed by atoms with Crippen LogP contribution in [0.1, 0.15) is 17.0 Å². The van der Waals surface area contributed by atoms with E-state index in [4.69, 9.17) is 18.4 Å². The van der Waals surface area contributed by atoms with Crippen LogP contribution in [0.3, 0.4) is 0 Å². The molecule has 0 saturated heterocycles. The van der Waals surface area contributed by atoms with Crippen LogP contribution >= 0.6 is 0 Å². The number of hydrogen-bond acceptors (Lipinski definition) is 9. The molecule has 0 aliphatic heterocycles. The van der Waals surface area contributed by atoms with E-state index in [1.807, 2.05) is 6.92 Å². The molecule has 11 nitrogen and oxygen atoms in total. The second kappa shape index (κ2) is 11.0. The summed E-state index contributed by atoms with van der Waals surface area (Å²) in [6.45, 7) is 1.40. The lowest BCUT2D eigenvalue weighted by atomic mass is 10.1. The summed E-state index contributed by atoms with van der Waals surface area (Å²) < 4.78 is 47.2. The van der Waals surface area contributed by atoms with Crippen molar-refractivity contribution in [3.63, 3.8) is 0 Å². The zero-order valence-electron chi connectivity index (χ0n) is 19.6. The predicted molar refractivity (Wildman–Crippen MR) is 128 cm³/mol. The molecule has 0 saturated carbocycles. The highest BCUT2D eigenvalue weighted by molar-refractivity contribution is 7.86. The van der Waals surface area contributed by atoms with E-state index in [0.29, 0.717) is 22.8 Å². The van der Waals surface area contributed by atoms with Gasteiger partial charge in [0, 0.05) is 6.08 Å². The molecule has 35 heavy (non-hydrogen) atoms. The highest BCUT2D eigenvalue weighted by Crippen LogP contribution is 2.38. The van der Waals surface area contributed by atoms with Crippen LogP contribution in [0.25, 0.3) is 12.2 Å². The third kappa shape index (κ3) is 5.97. The summed E-state index contributed by atoms with van der Waals surface area (Å²) >= 11 is 0. The number of nitro groups is 1. The summed E-state index contributed by atoms with van der Waals surface area (Å²) in [7, 11) is 0.461. The molecule has 0 N–H and O–H groups in total. The fourth-order valence-electron chi connectivity index (χ4n) is 3.27. The number of imidazole rings is 1. The Bertz CT molecular complexity index is 1310. The van der Waals surface area contributed by atoms with Gasteiger partial charge in [0.15, 0.2) is 11.5 Å². The SMILES string of the molecule is COc1cc(C=Cc2ncc([N+](=O)[O-])n2CCOS(=O)(=O)c2ccc(C)cc2)cc(OC)c1OC. The van der Waals surface area contributed by atoms with Gasteiger partial charge in [0.1, 0.15) is 19.3 Å². The Morgan fingerprint density at radius 3 is 2.20 bits per heavy atom. The number of methoxy groups -OCH3 is 3. The Kier molecular flexibility index (Phi) is 8.10. The molecule has 3 aromatic rings. The summed E-state index contributed by atoms with van der Waals surface area (Å²) in [5.74, 6) is 1.25. The number of benzene rings is 2. The van der Waals surface area contributed by atoms with E-state index in [9.17, 15) is 18.5 Å². The fourth-order valence-corrected chi connectivity index (χ4v) is 4.17. The summed E-state index contributed by atoms with van der Waals surface area (Å²) in [6, 6.07) is 9.60. The maximum Gasteiger partial charge on any atom is 0.343 e. The third-order valence-corrected chi connectivity index (χ3v) is 6.35. The number of hydrogen-bond donors (Lipinski definition) is 0. The molecule has 1 heterocycles. The van der Waals surface area contributed by atoms with Crippen LogP contribution in [0.15, 0.2) is 47.5 Å². The van der Waals surface area contributed by atoms with E-state index in [2.05, 4.69) is 4.98 Å². The molecular formula is C23H25N3O8S. The van der Waals surface area contributed by atoms with Crippen molar-refractivity contribution in [2.45, 2.75) is 18.4 Å². The van der Waals surface area contributed by atoms with E-state index >= 15 is 0 Å². The first-order chi connectivity index (χ1) is 16.7. The van der Waals surface area contributed by atoms with Gasteiger partial charge in [-0.1, -0.05) is 17.7 Å². The zero-order valence-corrected chi connectivity index (χ0v) is 20.4. The maximum atomic E-state index is 12.4. The zero-order chi connectivity index (χ0) is 25.6. The first-order valence-electron chi connectivity index (χ1n) is 10.3. The van der Waals surface area contributed by atoms with Crippen LogP contribution < -0.4 is 14.2 Å². The van der Waals surface area contributed by atoms with Crippen molar-refractivity contribution >= 4 is 28.1 Å². The first kappa shape index (κ1) is 25.7. The topological polar surface area (TPSA) is 132 Å². The monoisotopic (exact) mass is 503 g/mol. The average molecular weight is 504 g/mol. The molecule has 0 bridgehead atoms. The van der Waals surface area contributed by atoms with Gasteiger partial charge in [0.25, 0.3) is 10.1 Å². The van der Waals surface area contributed by atoms with E-state index < -0.39 is 15.0 Å². The number of rotatable bonds is 11. The van der Waals surface area contributed by atoms with Gasteiger partial charge in [-0.3, -0.25) is 4.18 Å². The molecule has 0 fully saturated rings. The van der Waals surface area contributed by atoms with E-state index in [0.717, 1.165) is 11.8 Å². The lowest BCUT2D eigenvalue weighted by molar-refractivity contribution is -0.392.